The SMILES string of the molecule is CC(C(=O)Nc1ccc2cc(Br)ccc2c1)=C1CNC1. The van der Waals surface area contributed by atoms with E-state index in [1.807, 2.05) is 37.3 Å². The molecule has 102 valence electrons. The number of carbonyl (C=O) groups excluding carboxylic acids is 1. The van der Waals surface area contributed by atoms with Gasteiger partial charge in [0.1, 0.15) is 0 Å². The van der Waals surface area contributed by atoms with Crippen molar-refractivity contribution in [2.75, 3.05) is 18.4 Å². The van der Waals surface area contributed by atoms with Crippen molar-refractivity contribution in [2.45, 2.75) is 6.92 Å². The quantitative estimate of drug-likeness (QED) is 0.828. The first-order valence-electron chi connectivity index (χ1n) is 6.53. The van der Waals surface area contributed by atoms with Gasteiger partial charge >= 0.3 is 0 Å². The Morgan fingerprint density at radius 3 is 2.55 bits per heavy atom. The highest BCUT2D eigenvalue weighted by molar-refractivity contribution is 9.10. The second kappa shape index (κ2) is 5.38. The highest BCUT2D eigenvalue weighted by atomic mass is 79.9. The van der Waals surface area contributed by atoms with E-state index in [1.165, 1.54) is 5.57 Å². The minimum absolute atomic E-state index is 0.0158. The fourth-order valence-electron chi connectivity index (χ4n) is 2.19. The molecule has 0 aromatic heterocycles. The highest BCUT2D eigenvalue weighted by Crippen LogP contribution is 2.23. The van der Waals surface area contributed by atoms with Crippen LogP contribution >= 0.6 is 15.9 Å². The second-order valence-corrected chi connectivity index (χ2v) is 5.91. The van der Waals surface area contributed by atoms with Crippen molar-refractivity contribution in [1.29, 1.82) is 0 Å². The van der Waals surface area contributed by atoms with Gasteiger partial charge in [0.05, 0.1) is 0 Å². The van der Waals surface area contributed by atoms with Crippen LogP contribution in [0.2, 0.25) is 0 Å². The molecule has 0 aliphatic carbocycles. The molecule has 0 saturated carbocycles. The van der Waals surface area contributed by atoms with Crippen molar-refractivity contribution in [1.82, 2.24) is 5.32 Å². The molecule has 2 N–H and O–H groups in total. The number of anilines is 1. The molecule has 1 heterocycles. The van der Waals surface area contributed by atoms with Gasteiger partial charge in [-0.1, -0.05) is 28.1 Å². The molecule has 3 rings (SSSR count). The summed E-state index contributed by atoms with van der Waals surface area (Å²) in [4.78, 5) is 12.1. The molecule has 1 aliphatic rings. The minimum Gasteiger partial charge on any atom is -0.322 e. The fraction of sp³-hybridized carbons (Fsp3) is 0.188. The van der Waals surface area contributed by atoms with E-state index in [-0.39, 0.29) is 5.91 Å². The zero-order valence-corrected chi connectivity index (χ0v) is 12.8. The van der Waals surface area contributed by atoms with Gasteiger partial charge in [-0.3, -0.25) is 4.79 Å². The van der Waals surface area contributed by atoms with Gasteiger partial charge in [-0.2, -0.15) is 0 Å². The number of hydrogen-bond donors (Lipinski definition) is 2. The molecule has 0 spiro atoms. The van der Waals surface area contributed by atoms with Crippen molar-refractivity contribution in [2.24, 2.45) is 0 Å². The van der Waals surface area contributed by atoms with Crippen LogP contribution in [-0.2, 0) is 4.79 Å². The van der Waals surface area contributed by atoms with Gasteiger partial charge in [0.2, 0.25) is 0 Å². The van der Waals surface area contributed by atoms with Gasteiger partial charge in [0, 0.05) is 28.8 Å². The largest absolute Gasteiger partial charge is 0.322 e. The van der Waals surface area contributed by atoms with Crippen LogP contribution in [0.5, 0.6) is 0 Å². The Kier molecular flexibility index (Phi) is 3.59. The lowest BCUT2D eigenvalue weighted by Crippen LogP contribution is -2.36. The Hall–Kier alpha value is -1.65. The number of benzene rings is 2. The zero-order chi connectivity index (χ0) is 14.1. The summed E-state index contributed by atoms with van der Waals surface area (Å²) in [6.07, 6.45) is 0. The van der Waals surface area contributed by atoms with Gasteiger partial charge < -0.3 is 10.6 Å². The van der Waals surface area contributed by atoms with E-state index >= 15 is 0 Å². The molecule has 0 atom stereocenters. The third kappa shape index (κ3) is 2.62. The third-order valence-corrected chi connectivity index (χ3v) is 4.10. The summed E-state index contributed by atoms with van der Waals surface area (Å²) in [5, 5.41) is 8.37. The monoisotopic (exact) mass is 330 g/mol. The van der Waals surface area contributed by atoms with E-state index in [4.69, 9.17) is 0 Å². The number of amides is 1. The van der Waals surface area contributed by atoms with E-state index in [0.717, 1.165) is 39.6 Å². The van der Waals surface area contributed by atoms with Crippen LogP contribution in [0.25, 0.3) is 10.8 Å². The minimum atomic E-state index is -0.0158. The number of fused-ring (bicyclic) bond motifs is 1. The van der Waals surface area contributed by atoms with E-state index in [9.17, 15) is 4.79 Å². The van der Waals surface area contributed by atoms with Gasteiger partial charge in [0.15, 0.2) is 0 Å². The first-order chi connectivity index (χ1) is 9.63. The predicted octanol–water partition coefficient (Wildman–Crippen LogP) is 3.46. The Morgan fingerprint density at radius 1 is 1.15 bits per heavy atom. The second-order valence-electron chi connectivity index (χ2n) is 4.99. The number of hydrogen-bond acceptors (Lipinski definition) is 2. The van der Waals surface area contributed by atoms with Crippen LogP contribution in [0, 0.1) is 0 Å². The van der Waals surface area contributed by atoms with Gasteiger partial charge in [-0.25, -0.2) is 0 Å². The van der Waals surface area contributed by atoms with E-state index in [1.54, 1.807) is 0 Å². The number of halogens is 1. The van der Waals surface area contributed by atoms with E-state index in [0.29, 0.717) is 0 Å². The molecular formula is C16H15BrN2O. The van der Waals surface area contributed by atoms with Crippen LogP contribution in [0.4, 0.5) is 5.69 Å². The molecule has 0 bridgehead atoms. The van der Waals surface area contributed by atoms with Gasteiger partial charge in [-0.05, 0) is 47.5 Å². The van der Waals surface area contributed by atoms with Crippen molar-refractivity contribution in [3.8, 4) is 0 Å². The fourth-order valence-corrected chi connectivity index (χ4v) is 2.57. The van der Waals surface area contributed by atoms with Crippen LogP contribution < -0.4 is 10.6 Å². The molecule has 1 saturated heterocycles. The molecular weight excluding hydrogens is 316 g/mol. The molecule has 2 aromatic rings. The first-order valence-corrected chi connectivity index (χ1v) is 7.33. The van der Waals surface area contributed by atoms with E-state index in [2.05, 4.69) is 32.6 Å². The number of rotatable bonds is 2. The Morgan fingerprint density at radius 2 is 1.85 bits per heavy atom. The average molecular weight is 331 g/mol. The zero-order valence-electron chi connectivity index (χ0n) is 11.2. The lowest BCUT2D eigenvalue weighted by Gasteiger charge is -2.21. The Bertz CT molecular complexity index is 715. The van der Waals surface area contributed by atoms with Crippen LogP contribution in [0.15, 0.2) is 52.0 Å². The summed E-state index contributed by atoms with van der Waals surface area (Å²) < 4.78 is 1.06. The van der Waals surface area contributed by atoms with Crippen LogP contribution in [0.1, 0.15) is 6.92 Å². The van der Waals surface area contributed by atoms with Gasteiger partial charge in [0.25, 0.3) is 5.91 Å². The molecule has 4 heteroatoms. The Balaban J connectivity index is 1.84. The lowest BCUT2D eigenvalue weighted by molar-refractivity contribution is -0.112. The molecule has 20 heavy (non-hydrogen) atoms. The summed E-state index contributed by atoms with van der Waals surface area (Å²) in [6.45, 7) is 3.53. The Labute approximate surface area is 126 Å². The maximum Gasteiger partial charge on any atom is 0.251 e. The first kappa shape index (κ1) is 13.3. The van der Waals surface area contributed by atoms with Crippen LogP contribution in [-0.4, -0.2) is 19.0 Å². The molecule has 1 fully saturated rings. The average Bonchev–Trinajstić information content (AvgIpc) is 2.37. The normalized spacial score (nSPS) is 14.0. The molecule has 1 amide bonds. The van der Waals surface area contributed by atoms with E-state index < -0.39 is 0 Å². The smallest absolute Gasteiger partial charge is 0.251 e. The standard InChI is InChI=1S/C16H15BrN2O/c1-10(13-8-18-9-13)16(20)19-15-5-3-11-6-14(17)4-2-12(11)7-15/h2-7,18H,8-9H2,1H3,(H,19,20). The number of carbonyl (C=O) groups is 1. The maximum atomic E-state index is 12.1. The van der Waals surface area contributed by atoms with Crippen molar-refractivity contribution in [3.63, 3.8) is 0 Å². The summed E-state index contributed by atoms with van der Waals surface area (Å²) in [5.74, 6) is -0.0158. The third-order valence-electron chi connectivity index (χ3n) is 3.61. The lowest BCUT2D eigenvalue weighted by atomic mass is 10.0. The van der Waals surface area contributed by atoms with Crippen molar-refractivity contribution < 1.29 is 4.79 Å². The summed E-state index contributed by atoms with van der Waals surface area (Å²) >= 11 is 3.46. The van der Waals surface area contributed by atoms with Gasteiger partial charge in [-0.15, -0.1) is 0 Å². The van der Waals surface area contributed by atoms with Crippen molar-refractivity contribution in [3.05, 3.63) is 52.0 Å². The topological polar surface area (TPSA) is 41.1 Å². The summed E-state index contributed by atoms with van der Waals surface area (Å²) in [6, 6.07) is 12.1. The molecule has 3 nitrogen and oxygen atoms in total. The maximum absolute atomic E-state index is 12.1. The summed E-state index contributed by atoms with van der Waals surface area (Å²) in [5.41, 5.74) is 2.84. The number of nitrogens with one attached hydrogen (secondary N) is 2. The summed E-state index contributed by atoms with van der Waals surface area (Å²) in [7, 11) is 0. The van der Waals surface area contributed by atoms with Crippen LogP contribution in [0.3, 0.4) is 0 Å². The molecule has 0 unspecified atom stereocenters. The van der Waals surface area contributed by atoms with Crippen molar-refractivity contribution >= 4 is 38.3 Å². The molecule has 0 radical (unpaired) electrons. The predicted molar refractivity (Wildman–Crippen MR) is 85.8 cm³/mol. The molecule has 1 aliphatic heterocycles. The highest BCUT2D eigenvalue weighted by Gasteiger charge is 2.16. The molecule has 2 aromatic carbocycles.